The third-order valence-corrected chi connectivity index (χ3v) is 0.795. The van der Waals surface area contributed by atoms with Crippen LogP contribution >= 0.6 is 0 Å². The Morgan fingerprint density at radius 3 is 2.78 bits per heavy atom. The zero-order chi connectivity index (χ0) is 7.11. The molecule has 0 aromatic rings. The minimum atomic E-state index is -0.181. The molecule has 3 heteroatoms. The van der Waals surface area contributed by atoms with Crippen molar-refractivity contribution in [3.05, 3.63) is 12.3 Å². The molecular weight excluding hydrogens is 116 g/mol. The molecule has 0 rings (SSSR count). The van der Waals surface area contributed by atoms with Gasteiger partial charge in [0.05, 0.1) is 0 Å². The fraction of sp³-hybridized carbons (Fsp3) is 0.500. The Hall–Kier alpha value is -0.990. The quantitative estimate of drug-likeness (QED) is 0.568. The van der Waals surface area contributed by atoms with Crippen LogP contribution in [0.4, 0.5) is 4.79 Å². The molecule has 3 nitrogen and oxygen atoms in total. The maximum atomic E-state index is 10.4. The molecule has 0 atom stereocenters. The second-order valence-electron chi connectivity index (χ2n) is 1.53. The summed E-state index contributed by atoms with van der Waals surface area (Å²) in [6.07, 6.45) is 4.43. The number of carbonyl (C=O) groups is 1. The second-order valence-corrected chi connectivity index (χ2v) is 1.53. The third-order valence-electron chi connectivity index (χ3n) is 0.795. The summed E-state index contributed by atoms with van der Waals surface area (Å²) in [6, 6.07) is -0.181. The maximum absolute atomic E-state index is 10.4. The molecule has 0 aromatic heterocycles. The van der Waals surface area contributed by atoms with Crippen molar-refractivity contribution in [3.63, 3.8) is 0 Å². The first-order chi connectivity index (χ1) is 4.31. The molecule has 0 saturated heterocycles. The van der Waals surface area contributed by atoms with Crippen molar-refractivity contribution in [2.75, 3.05) is 7.05 Å². The van der Waals surface area contributed by atoms with Gasteiger partial charge >= 0.3 is 6.03 Å². The highest BCUT2D eigenvalue weighted by Crippen LogP contribution is 1.74. The van der Waals surface area contributed by atoms with Crippen LogP contribution in [0.5, 0.6) is 0 Å². The van der Waals surface area contributed by atoms with Gasteiger partial charge in [-0.3, -0.25) is 0 Å². The lowest BCUT2D eigenvalue weighted by Crippen LogP contribution is -2.28. The SMILES string of the molecule is CC/C=C\NC(=O)NC. The molecule has 0 spiro atoms. The highest BCUT2D eigenvalue weighted by atomic mass is 16.2. The van der Waals surface area contributed by atoms with Crippen molar-refractivity contribution in [3.8, 4) is 0 Å². The minimum Gasteiger partial charge on any atom is -0.341 e. The molecule has 52 valence electrons. The fourth-order valence-electron chi connectivity index (χ4n) is 0.325. The molecule has 0 fully saturated rings. The van der Waals surface area contributed by atoms with E-state index in [1.54, 1.807) is 13.2 Å². The van der Waals surface area contributed by atoms with E-state index in [0.29, 0.717) is 0 Å². The summed E-state index contributed by atoms with van der Waals surface area (Å²) in [5.74, 6) is 0. The highest BCUT2D eigenvalue weighted by molar-refractivity contribution is 5.74. The van der Waals surface area contributed by atoms with Crippen molar-refractivity contribution in [1.29, 1.82) is 0 Å². The first kappa shape index (κ1) is 8.01. The molecule has 0 unspecified atom stereocenters. The van der Waals surface area contributed by atoms with Crippen LogP contribution in [0.1, 0.15) is 13.3 Å². The largest absolute Gasteiger partial charge is 0.341 e. The van der Waals surface area contributed by atoms with Crippen molar-refractivity contribution in [1.82, 2.24) is 10.6 Å². The van der Waals surface area contributed by atoms with Gasteiger partial charge in [-0.1, -0.05) is 13.0 Å². The number of urea groups is 1. The van der Waals surface area contributed by atoms with Gasteiger partial charge in [-0.15, -0.1) is 0 Å². The van der Waals surface area contributed by atoms with Gasteiger partial charge in [-0.2, -0.15) is 0 Å². The third kappa shape index (κ3) is 4.87. The topological polar surface area (TPSA) is 41.1 Å². The predicted octanol–water partition coefficient (Wildman–Crippen LogP) is 0.839. The van der Waals surface area contributed by atoms with Gasteiger partial charge < -0.3 is 10.6 Å². The van der Waals surface area contributed by atoms with E-state index in [1.807, 2.05) is 13.0 Å². The number of rotatable bonds is 2. The lowest BCUT2D eigenvalue weighted by atomic mass is 10.5. The van der Waals surface area contributed by atoms with Crippen LogP contribution in [0.25, 0.3) is 0 Å². The van der Waals surface area contributed by atoms with E-state index in [4.69, 9.17) is 0 Å². The monoisotopic (exact) mass is 128 g/mol. The van der Waals surface area contributed by atoms with E-state index in [-0.39, 0.29) is 6.03 Å². The molecule has 2 amide bonds. The number of amides is 2. The zero-order valence-corrected chi connectivity index (χ0v) is 5.77. The number of hydrogen-bond donors (Lipinski definition) is 2. The maximum Gasteiger partial charge on any atom is 0.318 e. The Kier molecular flexibility index (Phi) is 4.59. The lowest BCUT2D eigenvalue weighted by Gasteiger charge is -1.94. The lowest BCUT2D eigenvalue weighted by molar-refractivity contribution is 0.246. The molecule has 0 radical (unpaired) electrons. The molecule has 0 aliphatic heterocycles. The molecule has 0 aromatic carbocycles. The van der Waals surface area contributed by atoms with Crippen LogP contribution in [-0.4, -0.2) is 13.1 Å². The summed E-state index contributed by atoms with van der Waals surface area (Å²) in [5.41, 5.74) is 0. The number of carbonyl (C=O) groups excluding carboxylic acids is 1. The molecular formula is C6H12N2O. The molecule has 0 aliphatic carbocycles. The van der Waals surface area contributed by atoms with Gasteiger partial charge in [-0.05, 0) is 6.42 Å². The van der Waals surface area contributed by atoms with Crippen LogP contribution in [0.15, 0.2) is 12.3 Å². The zero-order valence-electron chi connectivity index (χ0n) is 5.77. The van der Waals surface area contributed by atoms with Crippen molar-refractivity contribution < 1.29 is 4.79 Å². The number of hydrogen-bond acceptors (Lipinski definition) is 1. The summed E-state index contributed by atoms with van der Waals surface area (Å²) in [6.45, 7) is 2.00. The highest BCUT2D eigenvalue weighted by Gasteiger charge is 1.85. The van der Waals surface area contributed by atoms with E-state index >= 15 is 0 Å². The summed E-state index contributed by atoms with van der Waals surface area (Å²) in [7, 11) is 1.58. The Balaban J connectivity index is 3.26. The summed E-state index contributed by atoms with van der Waals surface area (Å²) >= 11 is 0. The summed E-state index contributed by atoms with van der Waals surface area (Å²) in [4.78, 5) is 10.4. The van der Waals surface area contributed by atoms with Gasteiger partial charge in [0.15, 0.2) is 0 Å². The standard InChI is InChI=1S/C6H12N2O/c1-3-4-5-8-6(9)7-2/h4-5H,3H2,1-2H3,(H2,7,8,9)/b5-4-. The molecule has 0 bridgehead atoms. The van der Waals surface area contributed by atoms with Crippen molar-refractivity contribution >= 4 is 6.03 Å². The Morgan fingerprint density at radius 1 is 1.67 bits per heavy atom. The smallest absolute Gasteiger partial charge is 0.318 e. The van der Waals surface area contributed by atoms with Crippen LogP contribution in [0.2, 0.25) is 0 Å². The van der Waals surface area contributed by atoms with Crippen LogP contribution < -0.4 is 10.6 Å². The number of nitrogens with one attached hydrogen (secondary N) is 2. The van der Waals surface area contributed by atoms with E-state index in [2.05, 4.69) is 10.6 Å². The van der Waals surface area contributed by atoms with Gasteiger partial charge in [-0.25, -0.2) is 4.79 Å². The summed E-state index contributed by atoms with van der Waals surface area (Å²) in [5, 5.41) is 4.93. The Labute approximate surface area is 55.1 Å². The Bertz CT molecular complexity index is 110. The van der Waals surface area contributed by atoms with Gasteiger partial charge in [0.25, 0.3) is 0 Å². The van der Waals surface area contributed by atoms with Gasteiger partial charge in [0.1, 0.15) is 0 Å². The van der Waals surface area contributed by atoms with Crippen molar-refractivity contribution in [2.45, 2.75) is 13.3 Å². The van der Waals surface area contributed by atoms with Crippen LogP contribution in [0.3, 0.4) is 0 Å². The van der Waals surface area contributed by atoms with E-state index in [1.165, 1.54) is 0 Å². The molecule has 2 N–H and O–H groups in total. The normalized spacial score (nSPS) is 9.56. The average molecular weight is 128 g/mol. The van der Waals surface area contributed by atoms with Gasteiger partial charge in [0, 0.05) is 13.2 Å². The molecule has 0 saturated carbocycles. The minimum absolute atomic E-state index is 0.181. The van der Waals surface area contributed by atoms with Gasteiger partial charge in [0.2, 0.25) is 0 Å². The average Bonchev–Trinajstić information content (AvgIpc) is 1.89. The number of allylic oxidation sites excluding steroid dienone is 1. The van der Waals surface area contributed by atoms with Crippen molar-refractivity contribution in [2.24, 2.45) is 0 Å². The fourth-order valence-corrected chi connectivity index (χ4v) is 0.325. The molecule has 9 heavy (non-hydrogen) atoms. The van der Waals surface area contributed by atoms with E-state index in [0.717, 1.165) is 6.42 Å². The van der Waals surface area contributed by atoms with E-state index in [9.17, 15) is 4.79 Å². The molecule has 0 heterocycles. The first-order valence-corrected chi connectivity index (χ1v) is 2.94. The van der Waals surface area contributed by atoms with Crippen LogP contribution in [0, 0.1) is 0 Å². The van der Waals surface area contributed by atoms with Crippen LogP contribution in [-0.2, 0) is 0 Å². The first-order valence-electron chi connectivity index (χ1n) is 2.94. The Morgan fingerprint density at radius 2 is 2.33 bits per heavy atom. The summed E-state index contributed by atoms with van der Waals surface area (Å²) < 4.78 is 0. The molecule has 0 aliphatic rings. The second kappa shape index (κ2) is 5.15. The van der Waals surface area contributed by atoms with E-state index < -0.39 is 0 Å². The predicted molar refractivity (Wildman–Crippen MR) is 37.0 cm³/mol.